The molecule has 0 saturated carbocycles. The molecule has 0 atom stereocenters. The van der Waals surface area contributed by atoms with E-state index < -0.39 is 16.0 Å². The Labute approximate surface area is 108 Å². The van der Waals surface area contributed by atoms with E-state index in [2.05, 4.69) is 0 Å². The summed E-state index contributed by atoms with van der Waals surface area (Å²) in [5.74, 6) is -0.769. The molecule has 0 spiro atoms. The molecule has 0 radical (unpaired) electrons. The zero-order chi connectivity index (χ0) is 12.3. The highest BCUT2D eigenvalue weighted by Gasteiger charge is 2.18. The SMILES string of the molecule is CN(/C(F)=C(\I)c1ccccc1)S(C)(=O)=O. The van der Waals surface area contributed by atoms with Gasteiger partial charge < -0.3 is 0 Å². The highest BCUT2D eigenvalue weighted by molar-refractivity contribution is 14.1. The molecular weight excluding hydrogens is 344 g/mol. The van der Waals surface area contributed by atoms with E-state index in [1.807, 2.05) is 6.07 Å². The molecule has 0 fully saturated rings. The summed E-state index contributed by atoms with van der Waals surface area (Å²) < 4.78 is 37.0. The monoisotopic (exact) mass is 355 g/mol. The quantitative estimate of drug-likeness (QED) is 0.618. The first-order valence-corrected chi connectivity index (χ1v) is 7.31. The van der Waals surface area contributed by atoms with E-state index in [0.29, 0.717) is 9.87 Å². The standard InChI is InChI=1S/C10H11FINO2S/c1-13(16(2,14)15)10(11)9(12)8-6-4-3-5-7-8/h3-7H,1-2H3/b10-9-. The van der Waals surface area contributed by atoms with Crippen molar-refractivity contribution in [2.24, 2.45) is 0 Å². The number of hydrogen-bond donors (Lipinski definition) is 0. The molecule has 0 aromatic heterocycles. The predicted molar refractivity (Wildman–Crippen MR) is 71.1 cm³/mol. The Bertz CT molecular complexity index is 499. The fourth-order valence-corrected chi connectivity index (χ4v) is 2.25. The van der Waals surface area contributed by atoms with Crippen LogP contribution in [0.2, 0.25) is 0 Å². The van der Waals surface area contributed by atoms with Crippen LogP contribution in [-0.4, -0.2) is 26.0 Å². The van der Waals surface area contributed by atoms with Crippen LogP contribution in [-0.2, 0) is 10.0 Å². The van der Waals surface area contributed by atoms with Crippen LogP contribution in [0.5, 0.6) is 0 Å². The van der Waals surface area contributed by atoms with Gasteiger partial charge in [-0.1, -0.05) is 30.3 Å². The molecule has 1 rings (SSSR count). The maximum atomic E-state index is 13.8. The molecule has 1 aromatic rings. The van der Waals surface area contributed by atoms with Crippen molar-refractivity contribution in [2.75, 3.05) is 13.3 Å². The first-order valence-electron chi connectivity index (χ1n) is 4.38. The van der Waals surface area contributed by atoms with Gasteiger partial charge in [0.05, 0.1) is 9.84 Å². The van der Waals surface area contributed by atoms with Crippen LogP contribution in [0.1, 0.15) is 5.56 Å². The summed E-state index contributed by atoms with van der Waals surface area (Å²) >= 11 is 1.79. The topological polar surface area (TPSA) is 37.4 Å². The molecule has 0 aliphatic rings. The van der Waals surface area contributed by atoms with Crippen LogP contribution in [0.25, 0.3) is 3.58 Å². The second-order valence-corrected chi connectivity index (χ2v) is 6.29. The predicted octanol–water partition coefficient (Wildman–Crippen LogP) is 2.61. The molecular formula is C10H11FINO2S. The third-order valence-electron chi connectivity index (χ3n) is 1.98. The largest absolute Gasteiger partial charge is 0.248 e. The fraction of sp³-hybridized carbons (Fsp3) is 0.200. The fourth-order valence-electron chi connectivity index (χ4n) is 0.987. The summed E-state index contributed by atoms with van der Waals surface area (Å²) in [6.07, 6.45) is 0.960. The van der Waals surface area contributed by atoms with Crippen molar-refractivity contribution in [3.63, 3.8) is 0 Å². The van der Waals surface area contributed by atoms with Crippen LogP contribution in [0.15, 0.2) is 36.3 Å². The van der Waals surface area contributed by atoms with Crippen molar-refractivity contribution >= 4 is 36.2 Å². The minimum Gasteiger partial charge on any atom is -0.248 e. The van der Waals surface area contributed by atoms with Gasteiger partial charge in [-0.25, -0.2) is 12.7 Å². The van der Waals surface area contributed by atoms with Gasteiger partial charge in [-0.3, -0.25) is 0 Å². The zero-order valence-corrected chi connectivity index (χ0v) is 11.8. The van der Waals surface area contributed by atoms with E-state index >= 15 is 0 Å². The van der Waals surface area contributed by atoms with Crippen molar-refractivity contribution in [3.8, 4) is 0 Å². The molecule has 6 heteroatoms. The summed E-state index contributed by atoms with van der Waals surface area (Å²) in [6.45, 7) is 0. The minimum atomic E-state index is -3.56. The number of hydrogen-bond acceptors (Lipinski definition) is 2. The van der Waals surface area contributed by atoms with E-state index in [1.54, 1.807) is 46.9 Å². The molecule has 16 heavy (non-hydrogen) atoms. The number of rotatable bonds is 3. The molecule has 0 aliphatic carbocycles. The summed E-state index contributed by atoms with van der Waals surface area (Å²) in [6, 6.07) is 8.78. The van der Waals surface area contributed by atoms with Crippen molar-refractivity contribution < 1.29 is 12.8 Å². The molecule has 88 valence electrons. The summed E-state index contributed by atoms with van der Waals surface area (Å²) in [4.78, 5) is 0. The summed E-state index contributed by atoms with van der Waals surface area (Å²) in [5.41, 5.74) is 0.649. The van der Waals surface area contributed by atoms with Gasteiger partial charge in [0.1, 0.15) is 0 Å². The van der Waals surface area contributed by atoms with Gasteiger partial charge in [-0.05, 0) is 28.2 Å². The van der Waals surface area contributed by atoms with Gasteiger partial charge in [0, 0.05) is 7.05 Å². The first kappa shape index (κ1) is 13.4. The second-order valence-electron chi connectivity index (χ2n) is 3.20. The maximum absolute atomic E-state index is 13.8. The molecule has 0 N–H and O–H groups in total. The lowest BCUT2D eigenvalue weighted by Gasteiger charge is -2.15. The summed E-state index contributed by atoms with van der Waals surface area (Å²) in [7, 11) is -2.37. The van der Waals surface area contributed by atoms with E-state index in [9.17, 15) is 12.8 Å². The molecule has 0 heterocycles. The Morgan fingerprint density at radius 3 is 2.25 bits per heavy atom. The van der Waals surface area contributed by atoms with Crippen LogP contribution in [0.4, 0.5) is 4.39 Å². The number of halogens is 2. The Balaban J connectivity index is 3.16. The van der Waals surface area contributed by atoms with Gasteiger partial charge in [0.25, 0.3) is 0 Å². The third kappa shape index (κ3) is 3.18. The Kier molecular flexibility index (Phi) is 4.31. The van der Waals surface area contributed by atoms with Gasteiger partial charge in [-0.15, -0.1) is 0 Å². The lowest BCUT2D eigenvalue weighted by molar-refractivity contribution is 0.437. The van der Waals surface area contributed by atoms with E-state index in [-0.39, 0.29) is 3.58 Å². The highest BCUT2D eigenvalue weighted by Crippen LogP contribution is 2.28. The van der Waals surface area contributed by atoms with Gasteiger partial charge >= 0.3 is 0 Å². The van der Waals surface area contributed by atoms with Gasteiger partial charge in [0.15, 0.2) is 0 Å². The summed E-state index contributed by atoms with van der Waals surface area (Å²) in [5, 5.41) is 0. The van der Waals surface area contributed by atoms with Crippen LogP contribution < -0.4 is 0 Å². The number of nitrogens with zero attached hydrogens (tertiary/aromatic N) is 1. The van der Waals surface area contributed by atoms with Gasteiger partial charge in [-0.2, -0.15) is 4.39 Å². The van der Waals surface area contributed by atoms with Crippen LogP contribution in [0, 0.1) is 0 Å². The molecule has 0 bridgehead atoms. The van der Waals surface area contributed by atoms with Crippen LogP contribution in [0.3, 0.4) is 0 Å². The molecule has 0 saturated heterocycles. The van der Waals surface area contributed by atoms with E-state index in [1.165, 1.54) is 7.05 Å². The Morgan fingerprint density at radius 2 is 1.81 bits per heavy atom. The average molecular weight is 355 g/mol. The Hall–Kier alpha value is -0.630. The third-order valence-corrected chi connectivity index (χ3v) is 4.21. The maximum Gasteiger partial charge on any atom is 0.233 e. The second kappa shape index (κ2) is 5.13. The van der Waals surface area contributed by atoms with E-state index in [0.717, 1.165) is 6.26 Å². The average Bonchev–Trinajstić information content (AvgIpc) is 2.26. The normalized spacial score (nSPS) is 13.2. The van der Waals surface area contributed by atoms with Crippen molar-refractivity contribution in [1.29, 1.82) is 0 Å². The highest BCUT2D eigenvalue weighted by atomic mass is 127. The molecule has 3 nitrogen and oxygen atoms in total. The first-order chi connectivity index (χ1) is 7.34. The van der Waals surface area contributed by atoms with Crippen molar-refractivity contribution in [2.45, 2.75) is 0 Å². The smallest absolute Gasteiger partial charge is 0.233 e. The zero-order valence-electron chi connectivity index (χ0n) is 8.81. The lowest BCUT2D eigenvalue weighted by Crippen LogP contribution is -2.23. The molecule has 0 aliphatic heterocycles. The lowest BCUT2D eigenvalue weighted by atomic mass is 10.2. The number of sulfonamides is 1. The van der Waals surface area contributed by atoms with Crippen LogP contribution >= 0.6 is 22.6 Å². The molecule has 1 aromatic carbocycles. The Morgan fingerprint density at radius 1 is 1.31 bits per heavy atom. The van der Waals surface area contributed by atoms with Crippen molar-refractivity contribution in [1.82, 2.24) is 4.31 Å². The van der Waals surface area contributed by atoms with E-state index in [4.69, 9.17) is 0 Å². The minimum absolute atomic E-state index is 0.270. The molecule has 0 unspecified atom stereocenters. The van der Waals surface area contributed by atoms with Gasteiger partial charge in [0.2, 0.25) is 16.0 Å². The number of benzene rings is 1. The molecule has 0 amide bonds. The van der Waals surface area contributed by atoms with Crippen molar-refractivity contribution in [3.05, 3.63) is 41.8 Å².